The number of benzene rings is 2. The second kappa shape index (κ2) is 5.16. The number of hydrogen-bond acceptors (Lipinski definition) is 1. The number of hydrogen-bond donors (Lipinski definition) is 0. The van der Waals surface area contributed by atoms with E-state index >= 15 is 0 Å². The number of halogens is 1. The summed E-state index contributed by atoms with van der Waals surface area (Å²) >= 11 is 6.44. The van der Waals surface area contributed by atoms with Gasteiger partial charge in [-0.05, 0) is 42.5 Å². The number of aryl methyl sites for hydroxylation is 1. The lowest BCUT2D eigenvalue weighted by Gasteiger charge is -2.24. The maximum Gasteiger partial charge on any atom is 0.0720 e. The third kappa shape index (κ3) is 2.32. The number of nitrogens with zero attached hydrogens (tertiary/aromatic N) is 1. The first-order chi connectivity index (χ1) is 10.3. The second-order valence-corrected chi connectivity index (χ2v) is 6.16. The summed E-state index contributed by atoms with van der Waals surface area (Å²) in [5.41, 5.74) is 5.08. The Kier molecular flexibility index (Phi) is 3.16. The maximum atomic E-state index is 6.44. The van der Waals surface area contributed by atoms with Gasteiger partial charge in [-0.15, -0.1) is 0 Å². The Bertz CT molecular complexity index is 810. The Morgan fingerprint density at radius 1 is 0.952 bits per heavy atom. The number of aromatic nitrogens is 1. The summed E-state index contributed by atoms with van der Waals surface area (Å²) in [7, 11) is 0. The summed E-state index contributed by atoms with van der Waals surface area (Å²) in [4.78, 5) is 4.85. The zero-order valence-corrected chi connectivity index (χ0v) is 12.5. The van der Waals surface area contributed by atoms with Gasteiger partial charge in [0.2, 0.25) is 0 Å². The standard InChI is InChI=1S/C19H16ClN/c20-17-12-19(21-18-8-4-3-7-16(17)18)15-10-9-13-5-1-2-6-14(13)11-15/h1-8,12,15H,9-11H2. The second-order valence-electron chi connectivity index (χ2n) is 5.75. The SMILES string of the molecule is Clc1cc(C2CCc3ccccc3C2)nc2ccccc12. The van der Waals surface area contributed by atoms with Gasteiger partial charge < -0.3 is 0 Å². The molecule has 1 heterocycles. The summed E-state index contributed by atoms with van der Waals surface area (Å²) in [6.45, 7) is 0. The van der Waals surface area contributed by atoms with Crippen LogP contribution in [0.2, 0.25) is 5.02 Å². The van der Waals surface area contributed by atoms with Crippen LogP contribution in [0.1, 0.15) is 29.2 Å². The van der Waals surface area contributed by atoms with E-state index in [9.17, 15) is 0 Å². The van der Waals surface area contributed by atoms with Gasteiger partial charge in [0.1, 0.15) is 0 Å². The Labute approximate surface area is 129 Å². The van der Waals surface area contributed by atoms with Crippen LogP contribution in [0.15, 0.2) is 54.6 Å². The minimum absolute atomic E-state index is 0.474. The van der Waals surface area contributed by atoms with Gasteiger partial charge in [-0.3, -0.25) is 4.98 Å². The molecule has 1 aromatic heterocycles. The Balaban J connectivity index is 1.75. The first-order valence-corrected chi connectivity index (χ1v) is 7.81. The van der Waals surface area contributed by atoms with Gasteiger partial charge >= 0.3 is 0 Å². The normalized spacial score (nSPS) is 17.7. The molecule has 0 spiro atoms. The van der Waals surface area contributed by atoms with Crippen LogP contribution < -0.4 is 0 Å². The van der Waals surface area contributed by atoms with E-state index in [4.69, 9.17) is 16.6 Å². The molecule has 0 N–H and O–H groups in total. The molecule has 1 atom stereocenters. The average Bonchev–Trinajstić information content (AvgIpc) is 2.54. The Morgan fingerprint density at radius 3 is 2.62 bits per heavy atom. The number of para-hydroxylation sites is 1. The molecule has 4 rings (SSSR count). The van der Waals surface area contributed by atoms with E-state index in [1.807, 2.05) is 24.3 Å². The van der Waals surface area contributed by atoms with E-state index < -0.39 is 0 Å². The molecular weight excluding hydrogens is 278 g/mol. The molecular formula is C19H16ClN. The van der Waals surface area contributed by atoms with Crippen LogP contribution in [-0.2, 0) is 12.8 Å². The molecule has 1 aliphatic rings. The smallest absolute Gasteiger partial charge is 0.0720 e. The van der Waals surface area contributed by atoms with Crippen LogP contribution in [-0.4, -0.2) is 4.98 Å². The predicted molar refractivity (Wildman–Crippen MR) is 88.0 cm³/mol. The lowest BCUT2D eigenvalue weighted by molar-refractivity contribution is 0.573. The van der Waals surface area contributed by atoms with Crippen molar-refractivity contribution in [2.45, 2.75) is 25.2 Å². The monoisotopic (exact) mass is 293 g/mol. The van der Waals surface area contributed by atoms with E-state index in [2.05, 4.69) is 30.3 Å². The van der Waals surface area contributed by atoms with Crippen molar-refractivity contribution in [3.05, 3.63) is 76.4 Å². The maximum absolute atomic E-state index is 6.44. The topological polar surface area (TPSA) is 12.9 Å². The van der Waals surface area contributed by atoms with Crippen molar-refractivity contribution >= 4 is 22.5 Å². The van der Waals surface area contributed by atoms with Crippen molar-refractivity contribution in [2.75, 3.05) is 0 Å². The first-order valence-electron chi connectivity index (χ1n) is 7.43. The molecule has 3 aromatic rings. The molecule has 0 bridgehead atoms. The zero-order chi connectivity index (χ0) is 14.2. The van der Waals surface area contributed by atoms with Crippen molar-refractivity contribution in [1.29, 1.82) is 0 Å². The fraction of sp³-hybridized carbons (Fsp3) is 0.211. The van der Waals surface area contributed by atoms with Crippen molar-refractivity contribution < 1.29 is 0 Å². The van der Waals surface area contributed by atoms with Crippen LogP contribution >= 0.6 is 11.6 Å². The molecule has 21 heavy (non-hydrogen) atoms. The fourth-order valence-corrected chi connectivity index (χ4v) is 3.58. The highest BCUT2D eigenvalue weighted by atomic mass is 35.5. The van der Waals surface area contributed by atoms with Crippen LogP contribution in [0.4, 0.5) is 0 Å². The molecule has 0 saturated heterocycles. The Hall–Kier alpha value is -1.86. The molecule has 0 radical (unpaired) electrons. The number of fused-ring (bicyclic) bond motifs is 2. The van der Waals surface area contributed by atoms with E-state index in [1.165, 1.54) is 11.1 Å². The van der Waals surface area contributed by atoms with Gasteiger partial charge in [0.05, 0.1) is 10.5 Å². The Morgan fingerprint density at radius 2 is 1.71 bits per heavy atom. The molecule has 2 aromatic carbocycles. The molecule has 2 heteroatoms. The van der Waals surface area contributed by atoms with Crippen LogP contribution in [0.25, 0.3) is 10.9 Å². The molecule has 1 unspecified atom stereocenters. The lowest BCUT2D eigenvalue weighted by atomic mass is 9.82. The molecule has 0 aliphatic heterocycles. The van der Waals surface area contributed by atoms with Crippen LogP contribution in [0, 0.1) is 0 Å². The zero-order valence-electron chi connectivity index (χ0n) is 11.7. The highest BCUT2D eigenvalue weighted by Crippen LogP contribution is 2.34. The van der Waals surface area contributed by atoms with Gasteiger partial charge in [0, 0.05) is 17.0 Å². The summed E-state index contributed by atoms with van der Waals surface area (Å²) in [6.07, 6.45) is 3.35. The predicted octanol–water partition coefficient (Wildman–Crippen LogP) is 5.16. The fourth-order valence-electron chi connectivity index (χ4n) is 3.31. The molecule has 104 valence electrons. The van der Waals surface area contributed by atoms with Gasteiger partial charge in [-0.25, -0.2) is 0 Å². The highest BCUT2D eigenvalue weighted by Gasteiger charge is 2.21. The molecule has 1 nitrogen and oxygen atoms in total. The first kappa shape index (κ1) is 12.8. The van der Waals surface area contributed by atoms with Gasteiger partial charge in [0.25, 0.3) is 0 Å². The van der Waals surface area contributed by atoms with Crippen molar-refractivity contribution in [3.63, 3.8) is 0 Å². The number of rotatable bonds is 1. The quantitative estimate of drug-likeness (QED) is 0.604. The minimum atomic E-state index is 0.474. The summed E-state index contributed by atoms with van der Waals surface area (Å²) in [5, 5.41) is 1.86. The molecule has 0 amide bonds. The van der Waals surface area contributed by atoms with Crippen molar-refractivity contribution in [1.82, 2.24) is 4.98 Å². The minimum Gasteiger partial charge on any atom is -0.252 e. The van der Waals surface area contributed by atoms with Gasteiger partial charge in [-0.1, -0.05) is 54.1 Å². The third-order valence-corrected chi connectivity index (χ3v) is 4.76. The van der Waals surface area contributed by atoms with Gasteiger partial charge in [-0.2, -0.15) is 0 Å². The lowest BCUT2D eigenvalue weighted by Crippen LogP contribution is -2.13. The van der Waals surface area contributed by atoms with Crippen molar-refractivity contribution in [2.24, 2.45) is 0 Å². The number of pyridine rings is 1. The van der Waals surface area contributed by atoms with E-state index in [-0.39, 0.29) is 0 Å². The summed E-state index contributed by atoms with van der Waals surface area (Å²) in [5.74, 6) is 0.474. The molecule has 0 saturated carbocycles. The van der Waals surface area contributed by atoms with E-state index in [1.54, 1.807) is 0 Å². The summed E-state index contributed by atoms with van der Waals surface area (Å²) in [6, 6.07) is 18.9. The molecule has 0 fully saturated rings. The van der Waals surface area contributed by atoms with Crippen LogP contribution in [0.3, 0.4) is 0 Å². The highest BCUT2D eigenvalue weighted by molar-refractivity contribution is 6.35. The van der Waals surface area contributed by atoms with E-state index in [0.717, 1.165) is 40.9 Å². The third-order valence-electron chi connectivity index (χ3n) is 4.45. The average molecular weight is 294 g/mol. The molecule has 1 aliphatic carbocycles. The largest absolute Gasteiger partial charge is 0.252 e. The van der Waals surface area contributed by atoms with Crippen LogP contribution in [0.5, 0.6) is 0 Å². The summed E-state index contributed by atoms with van der Waals surface area (Å²) < 4.78 is 0. The van der Waals surface area contributed by atoms with Crippen molar-refractivity contribution in [3.8, 4) is 0 Å². The van der Waals surface area contributed by atoms with Gasteiger partial charge in [0.15, 0.2) is 0 Å². The van der Waals surface area contributed by atoms with E-state index in [0.29, 0.717) is 5.92 Å².